The lowest BCUT2D eigenvalue weighted by Crippen LogP contribution is -2.43. The van der Waals surface area contributed by atoms with Crippen molar-refractivity contribution in [3.63, 3.8) is 0 Å². The molecule has 1 aliphatic rings. The SMILES string of the molecule is NNC(Cc1cccc(Cl)c1F)C1CCCS1. The van der Waals surface area contributed by atoms with Crippen LogP contribution in [0, 0.1) is 5.82 Å². The number of hydrogen-bond acceptors (Lipinski definition) is 3. The molecule has 3 N–H and O–H groups in total. The molecular formula is C12H16ClFN2S. The van der Waals surface area contributed by atoms with Crippen molar-refractivity contribution >= 4 is 23.4 Å². The van der Waals surface area contributed by atoms with Gasteiger partial charge in [0.15, 0.2) is 0 Å². The first-order valence-electron chi connectivity index (χ1n) is 5.73. The lowest BCUT2D eigenvalue weighted by Gasteiger charge is -2.22. The van der Waals surface area contributed by atoms with Crippen LogP contribution in [-0.4, -0.2) is 17.0 Å². The van der Waals surface area contributed by atoms with Gasteiger partial charge in [0, 0.05) is 11.3 Å². The molecular weight excluding hydrogens is 259 g/mol. The Kier molecular flexibility index (Phi) is 4.68. The summed E-state index contributed by atoms with van der Waals surface area (Å²) < 4.78 is 13.8. The van der Waals surface area contributed by atoms with Crippen LogP contribution in [0.2, 0.25) is 5.02 Å². The summed E-state index contributed by atoms with van der Waals surface area (Å²) in [6, 6.07) is 5.21. The van der Waals surface area contributed by atoms with Crippen molar-refractivity contribution in [2.24, 2.45) is 5.84 Å². The summed E-state index contributed by atoms with van der Waals surface area (Å²) >= 11 is 7.67. The molecule has 2 rings (SSSR count). The van der Waals surface area contributed by atoms with Gasteiger partial charge in [0.25, 0.3) is 0 Å². The minimum atomic E-state index is -0.322. The Morgan fingerprint density at radius 2 is 2.41 bits per heavy atom. The maximum atomic E-state index is 13.8. The molecule has 1 saturated heterocycles. The van der Waals surface area contributed by atoms with Crippen molar-refractivity contribution in [3.05, 3.63) is 34.6 Å². The average Bonchev–Trinajstić information content (AvgIpc) is 2.85. The van der Waals surface area contributed by atoms with Gasteiger partial charge in [-0.1, -0.05) is 23.7 Å². The van der Waals surface area contributed by atoms with Gasteiger partial charge in [-0.05, 0) is 36.6 Å². The Morgan fingerprint density at radius 1 is 1.59 bits per heavy atom. The smallest absolute Gasteiger partial charge is 0.145 e. The molecule has 17 heavy (non-hydrogen) atoms. The number of benzene rings is 1. The summed E-state index contributed by atoms with van der Waals surface area (Å²) in [6.07, 6.45) is 2.94. The fraction of sp³-hybridized carbons (Fsp3) is 0.500. The highest BCUT2D eigenvalue weighted by Crippen LogP contribution is 2.30. The minimum absolute atomic E-state index is 0.107. The van der Waals surface area contributed by atoms with Crippen LogP contribution in [0.5, 0.6) is 0 Å². The molecule has 0 radical (unpaired) electrons. The van der Waals surface area contributed by atoms with E-state index < -0.39 is 0 Å². The van der Waals surface area contributed by atoms with E-state index in [1.54, 1.807) is 18.2 Å². The lowest BCUT2D eigenvalue weighted by molar-refractivity contribution is 0.484. The normalized spacial score (nSPS) is 21.7. The quantitative estimate of drug-likeness (QED) is 0.655. The van der Waals surface area contributed by atoms with Gasteiger partial charge in [-0.3, -0.25) is 11.3 Å². The highest BCUT2D eigenvalue weighted by Gasteiger charge is 2.25. The maximum absolute atomic E-state index is 13.8. The second-order valence-electron chi connectivity index (χ2n) is 4.24. The third kappa shape index (κ3) is 3.13. The standard InChI is InChI=1S/C12H16ClFN2S/c13-9-4-1-3-8(12(9)14)7-10(16-15)11-5-2-6-17-11/h1,3-4,10-11,16H,2,5-7,15H2. The number of halogens is 2. The maximum Gasteiger partial charge on any atom is 0.145 e. The molecule has 0 spiro atoms. The van der Waals surface area contributed by atoms with Crippen LogP contribution >= 0.6 is 23.4 Å². The summed E-state index contributed by atoms with van der Waals surface area (Å²) in [4.78, 5) is 0. The molecule has 0 aromatic heterocycles. The topological polar surface area (TPSA) is 38.0 Å². The summed E-state index contributed by atoms with van der Waals surface area (Å²) in [5, 5.41) is 0.649. The number of nitrogens with one attached hydrogen (secondary N) is 1. The molecule has 1 aliphatic heterocycles. The highest BCUT2D eigenvalue weighted by molar-refractivity contribution is 8.00. The minimum Gasteiger partial charge on any atom is -0.271 e. The van der Waals surface area contributed by atoms with Crippen molar-refractivity contribution in [2.75, 3.05) is 5.75 Å². The van der Waals surface area contributed by atoms with Gasteiger partial charge in [0.1, 0.15) is 5.82 Å². The number of hydrazine groups is 1. The Morgan fingerprint density at radius 3 is 3.06 bits per heavy atom. The first-order chi connectivity index (χ1) is 8.22. The number of thioether (sulfide) groups is 1. The zero-order valence-corrected chi connectivity index (χ0v) is 11.0. The van der Waals surface area contributed by atoms with Crippen LogP contribution in [0.3, 0.4) is 0 Å². The molecule has 2 atom stereocenters. The number of hydrogen-bond donors (Lipinski definition) is 2. The van der Waals surface area contributed by atoms with Gasteiger partial charge in [0.05, 0.1) is 5.02 Å². The number of rotatable bonds is 4. The van der Waals surface area contributed by atoms with E-state index in [-0.39, 0.29) is 16.9 Å². The van der Waals surface area contributed by atoms with Crippen molar-refractivity contribution in [1.82, 2.24) is 5.43 Å². The van der Waals surface area contributed by atoms with E-state index in [1.165, 1.54) is 12.2 Å². The van der Waals surface area contributed by atoms with E-state index >= 15 is 0 Å². The molecule has 1 aromatic carbocycles. The fourth-order valence-corrected chi connectivity index (χ4v) is 3.73. The summed E-state index contributed by atoms with van der Waals surface area (Å²) in [5.74, 6) is 6.42. The van der Waals surface area contributed by atoms with E-state index in [0.717, 1.165) is 6.42 Å². The monoisotopic (exact) mass is 274 g/mol. The Labute approximate surface area is 110 Å². The predicted molar refractivity (Wildman–Crippen MR) is 71.7 cm³/mol. The van der Waals surface area contributed by atoms with Crippen LogP contribution in [0.1, 0.15) is 18.4 Å². The Balaban J connectivity index is 2.09. The van der Waals surface area contributed by atoms with E-state index in [0.29, 0.717) is 17.2 Å². The third-order valence-electron chi connectivity index (χ3n) is 3.10. The van der Waals surface area contributed by atoms with Crippen LogP contribution in [0.15, 0.2) is 18.2 Å². The average molecular weight is 275 g/mol. The first-order valence-corrected chi connectivity index (χ1v) is 7.15. The molecule has 94 valence electrons. The zero-order chi connectivity index (χ0) is 12.3. The van der Waals surface area contributed by atoms with Crippen LogP contribution in [0.25, 0.3) is 0 Å². The summed E-state index contributed by atoms with van der Waals surface area (Å²) in [6.45, 7) is 0. The largest absolute Gasteiger partial charge is 0.271 e. The van der Waals surface area contributed by atoms with E-state index in [9.17, 15) is 4.39 Å². The lowest BCUT2D eigenvalue weighted by atomic mass is 10.0. The van der Waals surface area contributed by atoms with E-state index in [4.69, 9.17) is 17.4 Å². The van der Waals surface area contributed by atoms with E-state index in [2.05, 4.69) is 5.43 Å². The molecule has 0 bridgehead atoms. The van der Waals surface area contributed by atoms with Crippen molar-refractivity contribution < 1.29 is 4.39 Å². The van der Waals surface area contributed by atoms with Crippen LogP contribution in [-0.2, 0) is 6.42 Å². The van der Waals surface area contributed by atoms with Gasteiger partial charge in [-0.25, -0.2) is 4.39 Å². The number of nitrogens with two attached hydrogens (primary N) is 1. The third-order valence-corrected chi connectivity index (χ3v) is 4.91. The Bertz CT molecular complexity index is 383. The fourth-order valence-electron chi connectivity index (χ4n) is 2.16. The molecule has 2 unspecified atom stereocenters. The second-order valence-corrected chi connectivity index (χ2v) is 6.00. The van der Waals surface area contributed by atoms with Crippen molar-refractivity contribution in [2.45, 2.75) is 30.6 Å². The van der Waals surface area contributed by atoms with Gasteiger partial charge in [-0.15, -0.1) is 0 Å². The molecule has 2 nitrogen and oxygen atoms in total. The molecule has 0 aliphatic carbocycles. The van der Waals surface area contributed by atoms with Crippen molar-refractivity contribution in [1.29, 1.82) is 0 Å². The molecule has 1 fully saturated rings. The molecule has 0 amide bonds. The van der Waals surface area contributed by atoms with Gasteiger partial charge in [0.2, 0.25) is 0 Å². The van der Waals surface area contributed by atoms with E-state index in [1.807, 2.05) is 11.8 Å². The zero-order valence-electron chi connectivity index (χ0n) is 9.46. The molecule has 5 heteroatoms. The molecule has 0 saturated carbocycles. The van der Waals surface area contributed by atoms with Crippen LogP contribution in [0.4, 0.5) is 4.39 Å². The van der Waals surface area contributed by atoms with Gasteiger partial charge >= 0.3 is 0 Å². The Hall–Kier alpha value is -0.290. The summed E-state index contributed by atoms with van der Waals surface area (Å²) in [7, 11) is 0. The first kappa shape index (κ1) is 13.1. The molecule has 1 heterocycles. The highest BCUT2D eigenvalue weighted by atomic mass is 35.5. The van der Waals surface area contributed by atoms with Gasteiger partial charge in [-0.2, -0.15) is 11.8 Å². The van der Waals surface area contributed by atoms with Crippen LogP contribution < -0.4 is 11.3 Å². The van der Waals surface area contributed by atoms with Gasteiger partial charge < -0.3 is 0 Å². The molecule has 1 aromatic rings. The summed E-state index contributed by atoms with van der Waals surface area (Å²) in [5.41, 5.74) is 3.44. The second kappa shape index (κ2) is 6.05. The predicted octanol–water partition coefficient (Wildman–Crippen LogP) is 2.75. The van der Waals surface area contributed by atoms with Crippen molar-refractivity contribution in [3.8, 4) is 0 Å².